The third-order valence-electron chi connectivity index (χ3n) is 4.74. The van der Waals surface area contributed by atoms with Gasteiger partial charge in [0.15, 0.2) is 5.58 Å². The molecule has 3 aromatic carbocycles. The zero-order valence-electron chi connectivity index (χ0n) is 15.5. The van der Waals surface area contributed by atoms with E-state index in [0.29, 0.717) is 11.5 Å². The smallest absolute Gasteiger partial charge is 0.255 e. The molecule has 0 unspecified atom stereocenters. The van der Waals surface area contributed by atoms with E-state index in [1.807, 2.05) is 81.4 Å². The second-order valence-electron chi connectivity index (χ2n) is 6.74. The maximum Gasteiger partial charge on any atom is 0.255 e. The Morgan fingerprint density at radius 2 is 1.67 bits per heavy atom. The first-order chi connectivity index (χ1) is 13.0. The number of benzene rings is 3. The van der Waals surface area contributed by atoms with Gasteiger partial charge in [0, 0.05) is 16.8 Å². The van der Waals surface area contributed by atoms with E-state index in [1.165, 1.54) is 0 Å². The number of rotatable bonds is 3. The van der Waals surface area contributed by atoms with Crippen molar-refractivity contribution < 1.29 is 9.21 Å². The monoisotopic (exact) mass is 356 g/mol. The molecule has 1 N–H and O–H groups in total. The summed E-state index contributed by atoms with van der Waals surface area (Å²) in [5.41, 5.74) is 6.86. The number of aryl methyl sites for hydroxylation is 3. The van der Waals surface area contributed by atoms with Crippen molar-refractivity contribution in [1.82, 2.24) is 4.98 Å². The van der Waals surface area contributed by atoms with Gasteiger partial charge in [0.1, 0.15) is 5.52 Å². The Labute approximate surface area is 157 Å². The van der Waals surface area contributed by atoms with Crippen molar-refractivity contribution in [3.05, 3.63) is 82.9 Å². The lowest BCUT2D eigenvalue weighted by atomic mass is 10.1. The van der Waals surface area contributed by atoms with Crippen molar-refractivity contribution in [3.8, 4) is 11.5 Å². The molecule has 1 aromatic heterocycles. The van der Waals surface area contributed by atoms with Crippen LogP contribution in [0.1, 0.15) is 27.0 Å². The molecule has 0 atom stereocenters. The van der Waals surface area contributed by atoms with Crippen LogP contribution in [-0.4, -0.2) is 10.9 Å². The molecule has 0 radical (unpaired) electrons. The van der Waals surface area contributed by atoms with Crippen LogP contribution in [0, 0.1) is 20.8 Å². The third-order valence-corrected chi connectivity index (χ3v) is 4.74. The molecule has 0 spiro atoms. The molecule has 0 saturated carbocycles. The number of carbonyl (C=O) groups excluding carboxylic acids is 1. The number of hydrogen-bond donors (Lipinski definition) is 1. The van der Waals surface area contributed by atoms with Gasteiger partial charge < -0.3 is 9.73 Å². The molecule has 27 heavy (non-hydrogen) atoms. The van der Waals surface area contributed by atoms with Gasteiger partial charge in [-0.25, -0.2) is 4.98 Å². The number of anilines is 1. The number of nitrogens with one attached hydrogen (secondary N) is 1. The highest BCUT2D eigenvalue weighted by Crippen LogP contribution is 2.29. The second kappa shape index (κ2) is 6.72. The highest BCUT2D eigenvalue weighted by atomic mass is 16.3. The number of carbonyl (C=O) groups is 1. The molecule has 1 heterocycles. The van der Waals surface area contributed by atoms with E-state index in [1.54, 1.807) is 0 Å². The van der Waals surface area contributed by atoms with Crippen molar-refractivity contribution in [2.75, 3.05) is 5.32 Å². The average Bonchev–Trinajstić information content (AvgIpc) is 3.09. The highest BCUT2D eigenvalue weighted by Gasteiger charge is 2.14. The summed E-state index contributed by atoms with van der Waals surface area (Å²) in [4.78, 5) is 17.3. The number of amides is 1. The highest BCUT2D eigenvalue weighted by molar-refractivity contribution is 6.05. The Kier molecular flexibility index (Phi) is 4.24. The maximum atomic E-state index is 12.7. The molecule has 4 aromatic rings. The third kappa shape index (κ3) is 3.22. The maximum absolute atomic E-state index is 12.7. The topological polar surface area (TPSA) is 55.1 Å². The van der Waals surface area contributed by atoms with Gasteiger partial charge in [0.25, 0.3) is 5.91 Å². The summed E-state index contributed by atoms with van der Waals surface area (Å²) >= 11 is 0. The quantitative estimate of drug-likeness (QED) is 0.514. The molecule has 0 fully saturated rings. The fraction of sp³-hybridized carbons (Fsp3) is 0.130. The molecule has 134 valence electrons. The van der Waals surface area contributed by atoms with Crippen LogP contribution in [0.4, 0.5) is 5.69 Å². The van der Waals surface area contributed by atoms with Crippen LogP contribution in [0.25, 0.3) is 22.6 Å². The first-order valence-electron chi connectivity index (χ1n) is 8.87. The second-order valence-corrected chi connectivity index (χ2v) is 6.74. The standard InChI is InChI=1S/C23H20N2O2/c1-14-7-4-5-9-18(14)22(26)24-19-13-17(12-11-15(19)2)23-25-21-16(3)8-6-10-20(21)27-23/h4-13H,1-3H3,(H,24,26). The van der Waals surface area contributed by atoms with Gasteiger partial charge in [-0.2, -0.15) is 0 Å². The molecule has 4 rings (SSSR count). The Morgan fingerprint density at radius 3 is 2.44 bits per heavy atom. The molecule has 4 heteroatoms. The number of oxazole rings is 1. The van der Waals surface area contributed by atoms with E-state index < -0.39 is 0 Å². The largest absolute Gasteiger partial charge is 0.436 e. The molecule has 0 aliphatic rings. The predicted octanol–water partition coefficient (Wildman–Crippen LogP) is 5.67. The van der Waals surface area contributed by atoms with Gasteiger partial charge in [-0.05, 0) is 61.7 Å². The summed E-state index contributed by atoms with van der Waals surface area (Å²) in [7, 11) is 0. The van der Waals surface area contributed by atoms with Crippen LogP contribution in [0.5, 0.6) is 0 Å². The van der Waals surface area contributed by atoms with Crippen LogP contribution in [0.3, 0.4) is 0 Å². The lowest BCUT2D eigenvalue weighted by Gasteiger charge is -2.11. The van der Waals surface area contributed by atoms with Crippen molar-refractivity contribution in [3.63, 3.8) is 0 Å². The summed E-state index contributed by atoms with van der Waals surface area (Å²) in [6, 6.07) is 19.3. The molecule has 0 aliphatic heterocycles. The minimum atomic E-state index is -0.123. The van der Waals surface area contributed by atoms with Crippen LogP contribution < -0.4 is 5.32 Å². The van der Waals surface area contributed by atoms with Gasteiger partial charge in [0.2, 0.25) is 5.89 Å². The normalized spacial score (nSPS) is 10.9. The lowest BCUT2D eigenvalue weighted by Crippen LogP contribution is -2.14. The average molecular weight is 356 g/mol. The van der Waals surface area contributed by atoms with Crippen molar-refractivity contribution in [2.24, 2.45) is 0 Å². The van der Waals surface area contributed by atoms with Crippen LogP contribution >= 0.6 is 0 Å². The Bertz CT molecular complexity index is 1160. The minimum absolute atomic E-state index is 0.123. The molecular weight excluding hydrogens is 336 g/mol. The first-order valence-corrected chi connectivity index (χ1v) is 8.87. The minimum Gasteiger partial charge on any atom is -0.436 e. The van der Waals surface area contributed by atoms with Crippen LogP contribution in [-0.2, 0) is 0 Å². The van der Waals surface area contributed by atoms with Gasteiger partial charge in [-0.1, -0.05) is 36.4 Å². The SMILES string of the molecule is Cc1ccc(-c2nc3c(C)cccc3o2)cc1NC(=O)c1ccccc1C. The summed E-state index contributed by atoms with van der Waals surface area (Å²) in [5.74, 6) is 0.424. The van der Waals surface area contributed by atoms with E-state index in [2.05, 4.69) is 10.3 Å². The molecule has 0 aliphatic carbocycles. The summed E-state index contributed by atoms with van der Waals surface area (Å²) < 4.78 is 5.91. The Balaban J connectivity index is 1.70. The van der Waals surface area contributed by atoms with Crippen molar-refractivity contribution >= 4 is 22.7 Å². The summed E-state index contributed by atoms with van der Waals surface area (Å²) in [5, 5.41) is 3.01. The fourth-order valence-electron chi connectivity index (χ4n) is 3.12. The molecular formula is C23H20N2O2. The summed E-state index contributed by atoms with van der Waals surface area (Å²) in [6.07, 6.45) is 0. The lowest BCUT2D eigenvalue weighted by molar-refractivity contribution is 0.102. The van der Waals surface area contributed by atoms with Gasteiger partial charge in [-0.3, -0.25) is 4.79 Å². The van der Waals surface area contributed by atoms with Crippen LogP contribution in [0.15, 0.2) is 65.1 Å². The zero-order chi connectivity index (χ0) is 19.0. The zero-order valence-corrected chi connectivity index (χ0v) is 15.5. The van der Waals surface area contributed by atoms with E-state index in [4.69, 9.17) is 4.42 Å². The van der Waals surface area contributed by atoms with E-state index in [0.717, 1.165) is 39.0 Å². The summed E-state index contributed by atoms with van der Waals surface area (Å²) in [6.45, 7) is 5.91. The number of fused-ring (bicyclic) bond motifs is 1. The number of nitrogens with zero attached hydrogens (tertiary/aromatic N) is 1. The van der Waals surface area contributed by atoms with Crippen molar-refractivity contribution in [2.45, 2.75) is 20.8 Å². The van der Waals surface area contributed by atoms with Crippen LogP contribution in [0.2, 0.25) is 0 Å². The van der Waals surface area contributed by atoms with E-state index in [-0.39, 0.29) is 5.91 Å². The Hall–Kier alpha value is -3.40. The van der Waals surface area contributed by atoms with Gasteiger partial charge in [-0.15, -0.1) is 0 Å². The number of aromatic nitrogens is 1. The van der Waals surface area contributed by atoms with Crippen molar-refractivity contribution in [1.29, 1.82) is 0 Å². The van der Waals surface area contributed by atoms with E-state index in [9.17, 15) is 4.79 Å². The van der Waals surface area contributed by atoms with E-state index >= 15 is 0 Å². The molecule has 0 bridgehead atoms. The number of hydrogen-bond acceptors (Lipinski definition) is 3. The molecule has 4 nitrogen and oxygen atoms in total. The first kappa shape index (κ1) is 17.0. The van der Waals surface area contributed by atoms with Gasteiger partial charge in [0.05, 0.1) is 0 Å². The predicted molar refractivity (Wildman–Crippen MR) is 108 cm³/mol. The molecule has 0 saturated heterocycles. The van der Waals surface area contributed by atoms with Gasteiger partial charge >= 0.3 is 0 Å². The fourth-order valence-corrected chi connectivity index (χ4v) is 3.12. The molecule has 1 amide bonds. The Morgan fingerprint density at radius 1 is 0.889 bits per heavy atom. The number of para-hydroxylation sites is 1.